The highest BCUT2D eigenvalue weighted by atomic mass is 15.1. The standard InChI is InChI=1S/C13H24N2/c1-14(2)13(11-7-8-11)12-6-4-5-9-15(3)10-12/h4,6,11-13H,5,7-10H2,1-3H3. The molecular weight excluding hydrogens is 184 g/mol. The maximum atomic E-state index is 2.48. The summed E-state index contributed by atoms with van der Waals surface area (Å²) in [6.45, 7) is 2.45. The van der Waals surface area contributed by atoms with Crippen molar-refractivity contribution in [2.45, 2.75) is 25.3 Å². The lowest BCUT2D eigenvalue weighted by Gasteiger charge is -2.32. The van der Waals surface area contributed by atoms with Crippen molar-refractivity contribution in [3.63, 3.8) is 0 Å². The van der Waals surface area contributed by atoms with Crippen LogP contribution in [-0.4, -0.2) is 50.1 Å². The summed E-state index contributed by atoms with van der Waals surface area (Å²) in [6, 6.07) is 0.766. The van der Waals surface area contributed by atoms with Crippen LogP contribution >= 0.6 is 0 Å². The molecule has 0 N–H and O–H groups in total. The quantitative estimate of drug-likeness (QED) is 0.653. The maximum absolute atomic E-state index is 2.48. The van der Waals surface area contributed by atoms with E-state index in [0.717, 1.165) is 17.9 Å². The van der Waals surface area contributed by atoms with E-state index in [2.05, 4.69) is 43.1 Å². The molecule has 0 amide bonds. The van der Waals surface area contributed by atoms with Gasteiger partial charge in [-0.25, -0.2) is 0 Å². The molecule has 1 aliphatic heterocycles. The Morgan fingerprint density at radius 3 is 2.67 bits per heavy atom. The van der Waals surface area contributed by atoms with Gasteiger partial charge in [0.25, 0.3) is 0 Å². The van der Waals surface area contributed by atoms with Gasteiger partial charge in [-0.1, -0.05) is 12.2 Å². The van der Waals surface area contributed by atoms with E-state index in [-0.39, 0.29) is 0 Å². The van der Waals surface area contributed by atoms with Crippen LogP contribution in [0.5, 0.6) is 0 Å². The summed E-state index contributed by atoms with van der Waals surface area (Å²) in [4.78, 5) is 4.91. The molecule has 2 nitrogen and oxygen atoms in total. The lowest BCUT2D eigenvalue weighted by molar-refractivity contribution is 0.177. The zero-order valence-corrected chi connectivity index (χ0v) is 10.3. The number of hydrogen-bond donors (Lipinski definition) is 0. The molecule has 2 aliphatic rings. The molecule has 1 saturated carbocycles. The van der Waals surface area contributed by atoms with Crippen molar-refractivity contribution in [2.75, 3.05) is 34.2 Å². The SMILES string of the molecule is CN1CCC=CC(C(C2CC2)N(C)C)C1. The minimum atomic E-state index is 0.736. The molecule has 0 radical (unpaired) electrons. The van der Waals surface area contributed by atoms with Crippen LogP contribution in [0.3, 0.4) is 0 Å². The van der Waals surface area contributed by atoms with Gasteiger partial charge in [0.2, 0.25) is 0 Å². The molecule has 86 valence electrons. The Hall–Kier alpha value is -0.340. The van der Waals surface area contributed by atoms with Crippen LogP contribution in [0.4, 0.5) is 0 Å². The Morgan fingerprint density at radius 2 is 2.07 bits per heavy atom. The fraction of sp³-hybridized carbons (Fsp3) is 0.846. The fourth-order valence-electron chi connectivity index (χ4n) is 2.89. The Morgan fingerprint density at radius 1 is 1.33 bits per heavy atom. The second-order valence-corrected chi connectivity index (χ2v) is 5.43. The molecule has 1 aliphatic carbocycles. The van der Waals surface area contributed by atoms with E-state index in [4.69, 9.17) is 0 Å². The molecule has 2 rings (SSSR count). The third-order valence-electron chi connectivity index (χ3n) is 3.72. The number of rotatable bonds is 3. The van der Waals surface area contributed by atoms with Gasteiger partial charge in [-0.3, -0.25) is 0 Å². The highest BCUT2D eigenvalue weighted by Gasteiger charge is 2.37. The zero-order valence-electron chi connectivity index (χ0n) is 10.3. The van der Waals surface area contributed by atoms with Gasteiger partial charge >= 0.3 is 0 Å². The van der Waals surface area contributed by atoms with Gasteiger partial charge in [0.15, 0.2) is 0 Å². The molecule has 2 atom stereocenters. The summed E-state index contributed by atoms with van der Waals surface area (Å²) in [6.07, 6.45) is 8.95. The van der Waals surface area contributed by atoms with Crippen molar-refractivity contribution in [1.82, 2.24) is 9.80 Å². The molecule has 2 heteroatoms. The molecule has 0 saturated heterocycles. The van der Waals surface area contributed by atoms with Gasteiger partial charge in [0.1, 0.15) is 0 Å². The van der Waals surface area contributed by atoms with Crippen molar-refractivity contribution in [2.24, 2.45) is 11.8 Å². The normalized spacial score (nSPS) is 30.5. The Bertz CT molecular complexity index is 229. The van der Waals surface area contributed by atoms with Gasteiger partial charge in [-0.15, -0.1) is 0 Å². The van der Waals surface area contributed by atoms with E-state index in [1.165, 1.54) is 32.4 Å². The van der Waals surface area contributed by atoms with Crippen LogP contribution in [-0.2, 0) is 0 Å². The molecular formula is C13H24N2. The van der Waals surface area contributed by atoms with Crippen LogP contribution in [0.1, 0.15) is 19.3 Å². The van der Waals surface area contributed by atoms with E-state index in [1.54, 1.807) is 0 Å². The van der Waals surface area contributed by atoms with Crippen LogP contribution in [0.2, 0.25) is 0 Å². The molecule has 0 aromatic rings. The molecule has 0 bridgehead atoms. The minimum Gasteiger partial charge on any atom is -0.306 e. The van der Waals surface area contributed by atoms with Crippen LogP contribution < -0.4 is 0 Å². The summed E-state index contributed by atoms with van der Waals surface area (Å²) in [5.74, 6) is 1.70. The third-order valence-corrected chi connectivity index (χ3v) is 3.72. The fourth-order valence-corrected chi connectivity index (χ4v) is 2.89. The highest BCUT2D eigenvalue weighted by molar-refractivity contribution is 5.02. The lowest BCUT2D eigenvalue weighted by atomic mass is 9.94. The molecule has 1 heterocycles. The molecule has 0 spiro atoms. The predicted molar refractivity (Wildman–Crippen MR) is 64.9 cm³/mol. The summed E-state index contributed by atoms with van der Waals surface area (Å²) in [5, 5.41) is 0. The average molecular weight is 208 g/mol. The van der Waals surface area contributed by atoms with E-state index in [1.807, 2.05) is 0 Å². The predicted octanol–water partition coefficient (Wildman–Crippen LogP) is 1.83. The molecule has 1 fully saturated rings. The van der Waals surface area contributed by atoms with Gasteiger partial charge in [0, 0.05) is 25.0 Å². The maximum Gasteiger partial charge on any atom is 0.0192 e. The van der Waals surface area contributed by atoms with Gasteiger partial charge < -0.3 is 9.80 Å². The van der Waals surface area contributed by atoms with Gasteiger partial charge in [-0.05, 0) is 46.3 Å². The third kappa shape index (κ3) is 2.82. The van der Waals surface area contributed by atoms with Crippen LogP contribution in [0.25, 0.3) is 0 Å². The molecule has 0 aromatic heterocycles. The monoisotopic (exact) mass is 208 g/mol. The topological polar surface area (TPSA) is 6.48 Å². The molecule has 15 heavy (non-hydrogen) atoms. The van der Waals surface area contributed by atoms with Crippen molar-refractivity contribution < 1.29 is 0 Å². The van der Waals surface area contributed by atoms with Crippen LogP contribution in [0.15, 0.2) is 12.2 Å². The number of hydrogen-bond acceptors (Lipinski definition) is 2. The molecule has 2 unspecified atom stereocenters. The largest absolute Gasteiger partial charge is 0.306 e. The van der Waals surface area contributed by atoms with Crippen LogP contribution in [0, 0.1) is 11.8 Å². The van der Waals surface area contributed by atoms with Crippen molar-refractivity contribution >= 4 is 0 Å². The lowest BCUT2D eigenvalue weighted by Crippen LogP contribution is -2.41. The highest BCUT2D eigenvalue weighted by Crippen LogP contribution is 2.38. The molecule has 0 aromatic carbocycles. The first kappa shape index (κ1) is 11.2. The van der Waals surface area contributed by atoms with Crippen molar-refractivity contribution in [3.8, 4) is 0 Å². The average Bonchev–Trinajstić information content (AvgIpc) is 2.94. The summed E-state index contributed by atoms with van der Waals surface area (Å²) < 4.78 is 0. The Kier molecular flexibility index (Phi) is 3.47. The van der Waals surface area contributed by atoms with E-state index < -0.39 is 0 Å². The van der Waals surface area contributed by atoms with Gasteiger partial charge in [-0.2, -0.15) is 0 Å². The summed E-state index contributed by atoms with van der Waals surface area (Å²) in [7, 11) is 6.73. The second kappa shape index (κ2) is 4.67. The first-order chi connectivity index (χ1) is 7.18. The van der Waals surface area contributed by atoms with E-state index in [9.17, 15) is 0 Å². The number of nitrogens with zero attached hydrogens (tertiary/aromatic N) is 2. The first-order valence-electron chi connectivity index (χ1n) is 6.20. The zero-order chi connectivity index (χ0) is 10.8. The van der Waals surface area contributed by atoms with Crippen molar-refractivity contribution in [1.29, 1.82) is 0 Å². The summed E-state index contributed by atoms with van der Waals surface area (Å²) in [5.41, 5.74) is 0. The Labute approximate surface area is 93.9 Å². The Balaban J connectivity index is 2.04. The minimum absolute atomic E-state index is 0.736. The smallest absolute Gasteiger partial charge is 0.0192 e. The van der Waals surface area contributed by atoms with Gasteiger partial charge in [0.05, 0.1) is 0 Å². The van der Waals surface area contributed by atoms with E-state index in [0.29, 0.717) is 0 Å². The van der Waals surface area contributed by atoms with E-state index >= 15 is 0 Å². The second-order valence-electron chi connectivity index (χ2n) is 5.43. The summed E-state index contributed by atoms with van der Waals surface area (Å²) >= 11 is 0. The first-order valence-corrected chi connectivity index (χ1v) is 6.20. The van der Waals surface area contributed by atoms with Crippen molar-refractivity contribution in [3.05, 3.63) is 12.2 Å².